The summed E-state index contributed by atoms with van der Waals surface area (Å²) in [5, 5.41) is 19.2. The van der Waals surface area contributed by atoms with Crippen LogP contribution in [0.15, 0.2) is 18.2 Å². The maximum absolute atomic E-state index is 11.3. The Morgan fingerprint density at radius 1 is 1.47 bits per heavy atom. The van der Waals surface area contributed by atoms with Crippen molar-refractivity contribution in [2.45, 2.75) is 33.2 Å². The monoisotopic (exact) mass is 263 g/mol. The van der Waals surface area contributed by atoms with E-state index in [9.17, 15) is 15.0 Å². The molecule has 1 heterocycles. The molecular weight excluding hydrogens is 242 g/mol. The predicted molar refractivity (Wildman–Crippen MR) is 73.1 cm³/mol. The number of carbonyl (C=O) groups is 1. The molecule has 1 aliphatic heterocycles. The topological polar surface area (TPSA) is 60.8 Å². The molecule has 0 amide bonds. The lowest BCUT2D eigenvalue weighted by Gasteiger charge is -2.37. The first kappa shape index (κ1) is 13.9. The number of hydrogen-bond donors (Lipinski definition) is 2. The summed E-state index contributed by atoms with van der Waals surface area (Å²) in [6.07, 6.45) is 1.61. The summed E-state index contributed by atoms with van der Waals surface area (Å²) in [5.74, 6) is -0.445. The van der Waals surface area contributed by atoms with Gasteiger partial charge < -0.3 is 10.2 Å². The number of likely N-dealkylation sites (tertiary alicyclic amines) is 1. The number of hydrogen-bond acceptors (Lipinski definition) is 3. The fourth-order valence-electron chi connectivity index (χ4n) is 2.74. The Bertz CT molecular complexity index is 486. The van der Waals surface area contributed by atoms with Crippen molar-refractivity contribution in [2.24, 2.45) is 5.41 Å². The number of phenolic OH excluding ortho intramolecular Hbond substituents is 1. The van der Waals surface area contributed by atoms with Crippen molar-refractivity contribution in [2.75, 3.05) is 13.1 Å². The summed E-state index contributed by atoms with van der Waals surface area (Å²) in [6, 6.07) is 5.53. The van der Waals surface area contributed by atoms with Crippen LogP contribution in [0.3, 0.4) is 0 Å². The van der Waals surface area contributed by atoms with E-state index in [4.69, 9.17) is 0 Å². The van der Waals surface area contributed by atoms with Gasteiger partial charge in [0, 0.05) is 18.7 Å². The number of piperidine rings is 1. The summed E-state index contributed by atoms with van der Waals surface area (Å²) in [5.41, 5.74) is 1.30. The second kappa shape index (κ2) is 5.21. The van der Waals surface area contributed by atoms with Gasteiger partial charge in [-0.1, -0.05) is 17.7 Å². The Balaban J connectivity index is 2.11. The Hall–Kier alpha value is -1.55. The van der Waals surface area contributed by atoms with E-state index < -0.39 is 11.4 Å². The van der Waals surface area contributed by atoms with E-state index in [0.717, 1.165) is 30.5 Å². The summed E-state index contributed by atoms with van der Waals surface area (Å²) >= 11 is 0. The van der Waals surface area contributed by atoms with E-state index in [1.54, 1.807) is 13.0 Å². The van der Waals surface area contributed by atoms with E-state index >= 15 is 0 Å². The molecule has 1 aromatic carbocycles. The van der Waals surface area contributed by atoms with E-state index in [0.29, 0.717) is 13.1 Å². The minimum atomic E-state index is -0.731. The lowest BCUT2D eigenvalue weighted by Crippen LogP contribution is -2.45. The Morgan fingerprint density at radius 2 is 2.21 bits per heavy atom. The average Bonchev–Trinajstić information content (AvgIpc) is 2.34. The summed E-state index contributed by atoms with van der Waals surface area (Å²) < 4.78 is 0. The molecule has 1 aromatic rings. The Kier molecular flexibility index (Phi) is 3.80. The third-order valence-corrected chi connectivity index (χ3v) is 3.92. The van der Waals surface area contributed by atoms with Crippen LogP contribution >= 0.6 is 0 Å². The van der Waals surface area contributed by atoms with Crippen LogP contribution in [0.2, 0.25) is 0 Å². The van der Waals surface area contributed by atoms with Crippen LogP contribution in [0.4, 0.5) is 0 Å². The zero-order chi connectivity index (χ0) is 14.0. The molecule has 1 fully saturated rings. The predicted octanol–water partition coefficient (Wildman–Crippen LogP) is 2.39. The third-order valence-electron chi connectivity index (χ3n) is 3.92. The van der Waals surface area contributed by atoms with Gasteiger partial charge in [0.25, 0.3) is 0 Å². The Morgan fingerprint density at radius 3 is 2.89 bits per heavy atom. The molecular formula is C15H21NO3. The van der Waals surface area contributed by atoms with Crippen LogP contribution < -0.4 is 0 Å². The van der Waals surface area contributed by atoms with E-state index in [1.807, 2.05) is 19.1 Å². The maximum atomic E-state index is 11.3. The number of aryl methyl sites for hydroxylation is 1. The van der Waals surface area contributed by atoms with Crippen molar-refractivity contribution in [3.63, 3.8) is 0 Å². The molecule has 2 rings (SSSR count). The fraction of sp³-hybridized carbons (Fsp3) is 0.533. The normalized spacial score (nSPS) is 24.3. The lowest BCUT2D eigenvalue weighted by atomic mass is 9.82. The van der Waals surface area contributed by atoms with Crippen molar-refractivity contribution in [3.8, 4) is 5.75 Å². The van der Waals surface area contributed by atoms with E-state index in [1.165, 1.54) is 0 Å². The molecule has 19 heavy (non-hydrogen) atoms. The first-order valence-electron chi connectivity index (χ1n) is 6.65. The van der Waals surface area contributed by atoms with Crippen LogP contribution in [0.25, 0.3) is 0 Å². The van der Waals surface area contributed by atoms with Crippen molar-refractivity contribution in [3.05, 3.63) is 29.3 Å². The molecule has 1 aliphatic rings. The van der Waals surface area contributed by atoms with Crippen molar-refractivity contribution in [1.82, 2.24) is 4.90 Å². The minimum absolute atomic E-state index is 0.285. The van der Waals surface area contributed by atoms with Crippen LogP contribution in [0, 0.1) is 12.3 Å². The van der Waals surface area contributed by atoms with Gasteiger partial charge in [-0.05, 0) is 39.3 Å². The Labute approximate surface area is 113 Å². The number of rotatable bonds is 3. The van der Waals surface area contributed by atoms with E-state index in [-0.39, 0.29) is 5.75 Å². The summed E-state index contributed by atoms with van der Waals surface area (Å²) in [7, 11) is 0. The van der Waals surface area contributed by atoms with Gasteiger partial charge in [-0.3, -0.25) is 9.69 Å². The van der Waals surface area contributed by atoms with Crippen molar-refractivity contribution < 1.29 is 15.0 Å². The highest BCUT2D eigenvalue weighted by molar-refractivity contribution is 5.74. The van der Waals surface area contributed by atoms with E-state index in [2.05, 4.69) is 4.90 Å². The highest BCUT2D eigenvalue weighted by atomic mass is 16.4. The van der Waals surface area contributed by atoms with Gasteiger partial charge in [0.05, 0.1) is 5.41 Å². The quantitative estimate of drug-likeness (QED) is 0.879. The third kappa shape index (κ3) is 3.07. The molecule has 0 radical (unpaired) electrons. The van der Waals surface area contributed by atoms with Gasteiger partial charge in [-0.15, -0.1) is 0 Å². The number of carboxylic acid groups (broad SMARTS) is 1. The highest BCUT2D eigenvalue weighted by Gasteiger charge is 2.37. The molecule has 4 nitrogen and oxygen atoms in total. The number of carboxylic acids is 1. The van der Waals surface area contributed by atoms with Crippen LogP contribution in [0.5, 0.6) is 5.75 Å². The first-order valence-corrected chi connectivity index (χ1v) is 6.65. The molecule has 4 heteroatoms. The zero-order valence-electron chi connectivity index (χ0n) is 11.5. The highest BCUT2D eigenvalue weighted by Crippen LogP contribution is 2.31. The number of nitrogens with zero attached hydrogens (tertiary/aromatic N) is 1. The summed E-state index contributed by atoms with van der Waals surface area (Å²) in [6.45, 7) is 5.82. The van der Waals surface area contributed by atoms with Crippen LogP contribution in [-0.2, 0) is 11.3 Å². The zero-order valence-corrected chi connectivity index (χ0v) is 11.5. The average molecular weight is 263 g/mol. The molecule has 0 saturated carbocycles. The standard InChI is InChI=1S/C15H21NO3/c1-11-4-5-13(17)12(8-11)9-16-7-3-6-15(2,10-16)14(18)19/h4-5,8,17H,3,6-7,9-10H2,1-2H3,(H,18,19). The first-order chi connectivity index (χ1) is 8.90. The summed E-state index contributed by atoms with van der Waals surface area (Å²) in [4.78, 5) is 13.4. The van der Waals surface area contributed by atoms with Gasteiger partial charge in [0.15, 0.2) is 0 Å². The second-order valence-corrected chi connectivity index (χ2v) is 5.81. The SMILES string of the molecule is Cc1ccc(O)c(CN2CCCC(C)(C(=O)O)C2)c1. The molecule has 1 unspecified atom stereocenters. The smallest absolute Gasteiger partial charge is 0.310 e. The van der Waals surface area contributed by atoms with Gasteiger partial charge in [-0.25, -0.2) is 0 Å². The second-order valence-electron chi connectivity index (χ2n) is 5.81. The minimum Gasteiger partial charge on any atom is -0.508 e. The number of aromatic hydroxyl groups is 1. The van der Waals surface area contributed by atoms with Crippen molar-refractivity contribution >= 4 is 5.97 Å². The molecule has 0 aromatic heterocycles. The fourth-order valence-corrected chi connectivity index (χ4v) is 2.74. The number of benzene rings is 1. The maximum Gasteiger partial charge on any atom is 0.310 e. The largest absolute Gasteiger partial charge is 0.508 e. The molecule has 104 valence electrons. The molecule has 0 spiro atoms. The molecule has 0 bridgehead atoms. The van der Waals surface area contributed by atoms with Crippen LogP contribution in [0.1, 0.15) is 30.9 Å². The molecule has 0 aliphatic carbocycles. The number of aliphatic carboxylic acids is 1. The molecule has 1 saturated heterocycles. The van der Waals surface area contributed by atoms with Gasteiger partial charge in [0.2, 0.25) is 0 Å². The molecule has 1 atom stereocenters. The lowest BCUT2D eigenvalue weighted by molar-refractivity contribution is -0.151. The van der Waals surface area contributed by atoms with Gasteiger partial charge >= 0.3 is 5.97 Å². The van der Waals surface area contributed by atoms with Crippen LogP contribution in [-0.4, -0.2) is 34.2 Å². The van der Waals surface area contributed by atoms with Gasteiger partial charge in [-0.2, -0.15) is 0 Å². The number of phenols is 1. The molecule has 2 N–H and O–H groups in total. The van der Waals surface area contributed by atoms with Crippen molar-refractivity contribution in [1.29, 1.82) is 0 Å². The van der Waals surface area contributed by atoms with Gasteiger partial charge in [0.1, 0.15) is 5.75 Å².